The molecule has 29 heavy (non-hydrogen) atoms. The first kappa shape index (κ1) is 22.5. The zero-order chi connectivity index (χ0) is 21.4. The van der Waals surface area contributed by atoms with Gasteiger partial charge in [0.15, 0.2) is 5.96 Å². The van der Waals surface area contributed by atoms with Gasteiger partial charge in [0.2, 0.25) is 5.91 Å². The number of rotatable bonds is 6. The molecule has 2 rings (SSSR count). The van der Waals surface area contributed by atoms with Crippen LogP contribution in [0.5, 0.6) is 0 Å². The van der Waals surface area contributed by atoms with E-state index in [9.17, 15) is 9.59 Å². The van der Waals surface area contributed by atoms with Crippen molar-refractivity contribution in [3.8, 4) is 0 Å². The highest BCUT2D eigenvalue weighted by molar-refractivity contribution is 5.95. The number of likely N-dealkylation sites (N-methyl/N-ethyl adjacent to an activating group) is 1. The molecule has 1 aromatic rings. The van der Waals surface area contributed by atoms with Crippen LogP contribution in [-0.4, -0.2) is 62.2 Å². The van der Waals surface area contributed by atoms with Crippen LogP contribution >= 0.6 is 0 Å². The van der Waals surface area contributed by atoms with Crippen molar-refractivity contribution in [2.24, 2.45) is 4.99 Å². The van der Waals surface area contributed by atoms with Crippen LogP contribution in [0.1, 0.15) is 39.2 Å². The average Bonchev–Trinajstić information content (AvgIpc) is 3.09. The number of carbonyl (C=O) groups is 2. The van der Waals surface area contributed by atoms with E-state index in [-0.39, 0.29) is 12.0 Å². The van der Waals surface area contributed by atoms with Crippen molar-refractivity contribution in [3.63, 3.8) is 0 Å². The van der Waals surface area contributed by atoms with Gasteiger partial charge in [-0.15, -0.1) is 0 Å². The summed E-state index contributed by atoms with van der Waals surface area (Å²) in [5.74, 6) is 0.846. The first-order chi connectivity index (χ1) is 13.7. The minimum Gasteiger partial charge on any atom is -0.444 e. The Labute approximate surface area is 173 Å². The van der Waals surface area contributed by atoms with Crippen LogP contribution in [0, 0.1) is 0 Å². The van der Waals surface area contributed by atoms with Gasteiger partial charge in [-0.05, 0) is 44.9 Å². The highest BCUT2D eigenvalue weighted by atomic mass is 16.6. The Balaban J connectivity index is 1.74. The topological polar surface area (TPSA) is 86.3 Å². The second-order valence-electron chi connectivity index (χ2n) is 8.07. The van der Waals surface area contributed by atoms with E-state index in [2.05, 4.69) is 15.6 Å². The summed E-state index contributed by atoms with van der Waals surface area (Å²) in [6.45, 7) is 7.98. The van der Waals surface area contributed by atoms with Crippen LogP contribution in [-0.2, 0) is 16.1 Å². The van der Waals surface area contributed by atoms with Crippen molar-refractivity contribution in [1.29, 1.82) is 0 Å². The standard InChI is InChI=1S/C21H33N5O3/c1-21(2,3)29-20(28)25(5)14-12-23-19(22-4)24-15-16-8-10-17(11-9-16)26-13-6-7-18(26)27/h8-11H,6-7,12-15H2,1-5H3,(H2,22,23,24). The normalized spacial score (nSPS) is 14.7. The number of benzene rings is 1. The molecule has 0 atom stereocenters. The van der Waals surface area contributed by atoms with Crippen LogP contribution in [0.15, 0.2) is 29.3 Å². The van der Waals surface area contributed by atoms with E-state index in [0.29, 0.717) is 32.0 Å². The lowest BCUT2D eigenvalue weighted by Crippen LogP contribution is -2.42. The van der Waals surface area contributed by atoms with Gasteiger partial charge in [-0.3, -0.25) is 9.79 Å². The molecule has 1 saturated heterocycles. The van der Waals surface area contributed by atoms with Gasteiger partial charge >= 0.3 is 6.09 Å². The van der Waals surface area contributed by atoms with Gasteiger partial charge in [0.1, 0.15) is 5.60 Å². The molecule has 2 N–H and O–H groups in total. The number of aliphatic imine (C=N–C) groups is 1. The lowest BCUT2D eigenvalue weighted by Gasteiger charge is -2.25. The van der Waals surface area contributed by atoms with Crippen LogP contribution < -0.4 is 15.5 Å². The summed E-state index contributed by atoms with van der Waals surface area (Å²) in [7, 11) is 3.41. The zero-order valence-corrected chi connectivity index (χ0v) is 18.1. The third-order valence-electron chi connectivity index (χ3n) is 4.45. The van der Waals surface area contributed by atoms with Crippen LogP contribution in [0.25, 0.3) is 0 Å². The molecule has 2 amide bonds. The monoisotopic (exact) mass is 403 g/mol. The van der Waals surface area contributed by atoms with E-state index in [1.54, 1.807) is 14.1 Å². The fraction of sp³-hybridized carbons (Fsp3) is 0.571. The molecule has 1 aromatic carbocycles. The second-order valence-corrected chi connectivity index (χ2v) is 8.07. The number of hydrogen-bond acceptors (Lipinski definition) is 4. The fourth-order valence-electron chi connectivity index (χ4n) is 2.89. The number of carbonyl (C=O) groups excluding carboxylic acids is 2. The van der Waals surface area contributed by atoms with Gasteiger partial charge in [0.05, 0.1) is 0 Å². The molecule has 0 aromatic heterocycles. The average molecular weight is 404 g/mol. The molecule has 8 nitrogen and oxygen atoms in total. The largest absolute Gasteiger partial charge is 0.444 e. The Kier molecular flexibility index (Phi) is 7.87. The maximum atomic E-state index is 12.0. The number of nitrogens with one attached hydrogen (secondary N) is 2. The number of amides is 2. The van der Waals surface area contributed by atoms with Crippen molar-refractivity contribution in [3.05, 3.63) is 29.8 Å². The molecular weight excluding hydrogens is 370 g/mol. The lowest BCUT2D eigenvalue weighted by atomic mass is 10.2. The highest BCUT2D eigenvalue weighted by Crippen LogP contribution is 2.21. The third-order valence-corrected chi connectivity index (χ3v) is 4.45. The van der Waals surface area contributed by atoms with Crippen LogP contribution in [0.4, 0.5) is 10.5 Å². The van der Waals surface area contributed by atoms with Gasteiger partial charge in [0.25, 0.3) is 0 Å². The number of hydrogen-bond donors (Lipinski definition) is 2. The number of ether oxygens (including phenoxy) is 1. The minimum absolute atomic E-state index is 0.192. The Morgan fingerprint density at radius 2 is 1.93 bits per heavy atom. The first-order valence-electron chi connectivity index (χ1n) is 9.97. The van der Waals surface area contributed by atoms with Gasteiger partial charge in [-0.25, -0.2) is 4.79 Å². The summed E-state index contributed by atoms with van der Waals surface area (Å²) in [5, 5.41) is 6.44. The van der Waals surface area contributed by atoms with Crippen LogP contribution in [0.2, 0.25) is 0 Å². The molecule has 0 spiro atoms. The predicted molar refractivity (Wildman–Crippen MR) is 115 cm³/mol. The Morgan fingerprint density at radius 3 is 2.48 bits per heavy atom. The summed E-state index contributed by atoms with van der Waals surface area (Å²) in [6.07, 6.45) is 1.21. The van der Waals surface area contributed by atoms with E-state index < -0.39 is 5.60 Å². The molecule has 1 aliphatic rings. The van der Waals surface area contributed by atoms with E-state index in [1.807, 2.05) is 49.9 Å². The lowest BCUT2D eigenvalue weighted by molar-refractivity contribution is -0.117. The molecule has 0 unspecified atom stereocenters. The van der Waals surface area contributed by atoms with Crippen molar-refractivity contribution >= 4 is 23.6 Å². The summed E-state index contributed by atoms with van der Waals surface area (Å²) < 4.78 is 5.33. The highest BCUT2D eigenvalue weighted by Gasteiger charge is 2.21. The summed E-state index contributed by atoms with van der Waals surface area (Å²) >= 11 is 0. The molecule has 0 aliphatic carbocycles. The van der Waals surface area contributed by atoms with E-state index in [0.717, 1.165) is 24.2 Å². The van der Waals surface area contributed by atoms with Crippen molar-refractivity contribution in [2.75, 3.05) is 38.6 Å². The Bertz CT molecular complexity index is 725. The molecule has 1 aliphatic heterocycles. The minimum atomic E-state index is -0.506. The molecule has 1 fully saturated rings. The smallest absolute Gasteiger partial charge is 0.410 e. The van der Waals surface area contributed by atoms with Crippen molar-refractivity contribution < 1.29 is 14.3 Å². The number of guanidine groups is 1. The van der Waals surface area contributed by atoms with Gasteiger partial charge < -0.3 is 25.2 Å². The molecule has 1 heterocycles. The number of nitrogens with zero attached hydrogens (tertiary/aromatic N) is 3. The predicted octanol–water partition coefficient (Wildman–Crippen LogP) is 2.35. The van der Waals surface area contributed by atoms with E-state index in [4.69, 9.17) is 4.74 Å². The Morgan fingerprint density at radius 1 is 1.24 bits per heavy atom. The number of anilines is 1. The van der Waals surface area contributed by atoms with Crippen molar-refractivity contribution in [2.45, 2.75) is 45.8 Å². The first-order valence-corrected chi connectivity index (χ1v) is 9.97. The summed E-state index contributed by atoms with van der Waals surface area (Å²) in [5.41, 5.74) is 1.53. The molecule has 0 radical (unpaired) electrons. The molecule has 8 heteroatoms. The quantitative estimate of drug-likeness (QED) is 0.562. The molecular formula is C21H33N5O3. The maximum Gasteiger partial charge on any atom is 0.410 e. The van der Waals surface area contributed by atoms with Gasteiger partial charge in [0, 0.05) is 52.4 Å². The van der Waals surface area contributed by atoms with Crippen molar-refractivity contribution in [1.82, 2.24) is 15.5 Å². The molecule has 0 saturated carbocycles. The van der Waals surface area contributed by atoms with E-state index >= 15 is 0 Å². The third kappa shape index (κ3) is 7.29. The Hall–Kier alpha value is -2.77. The van der Waals surface area contributed by atoms with Gasteiger partial charge in [-0.2, -0.15) is 0 Å². The van der Waals surface area contributed by atoms with Crippen LogP contribution in [0.3, 0.4) is 0 Å². The molecule has 160 valence electrons. The molecule has 0 bridgehead atoms. The summed E-state index contributed by atoms with van der Waals surface area (Å²) in [6, 6.07) is 7.98. The fourth-order valence-corrected chi connectivity index (χ4v) is 2.89. The zero-order valence-electron chi connectivity index (χ0n) is 18.1. The second kappa shape index (κ2) is 10.1. The summed E-state index contributed by atoms with van der Waals surface area (Å²) in [4.78, 5) is 31.4. The van der Waals surface area contributed by atoms with E-state index in [1.165, 1.54) is 4.90 Å². The SMILES string of the molecule is CN=C(NCCN(C)C(=O)OC(C)(C)C)NCc1ccc(N2CCCC2=O)cc1. The van der Waals surface area contributed by atoms with Gasteiger partial charge in [-0.1, -0.05) is 12.1 Å². The maximum absolute atomic E-state index is 12.0.